The number of ether oxygens (including phenoxy) is 1. The molecule has 1 unspecified atom stereocenters. The Morgan fingerprint density at radius 1 is 1.43 bits per heavy atom. The summed E-state index contributed by atoms with van der Waals surface area (Å²) in [6, 6.07) is 7.44. The fraction of sp³-hybridized carbons (Fsp3) is 0.562. The van der Waals surface area contributed by atoms with Gasteiger partial charge in [-0.25, -0.2) is 4.79 Å². The van der Waals surface area contributed by atoms with Crippen LogP contribution in [0.5, 0.6) is 5.75 Å². The maximum Gasteiger partial charge on any atom is 0.317 e. The van der Waals surface area contributed by atoms with E-state index < -0.39 is 0 Å². The van der Waals surface area contributed by atoms with Crippen LogP contribution < -0.4 is 10.1 Å². The van der Waals surface area contributed by atoms with Crippen LogP contribution in [0.4, 0.5) is 4.79 Å². The van der Waals surface area contributed by atoms with Crippen LogP contribution in [0.15, 0.2) is 24.3 Å². The number of nitrogens with zero attached hydrogens (tertiary/aromatic N) is 1. The molecule has 0 radical (unpaired) electrons. The van der Waals surface area contributed by atoms with E-state index >= 15 is 0 Å². The van der Waals surface area contributed by atoms with Crippen LogP contribution in [-0.4, -0.2) is 37.2 Å². The van der Waals surface area contributed by atoms with E-state index in [4.69, 9.17) is 16.3 Å². The summed E-state index contributed by atoms with van der Waals surface area (Å²) in [5.74, 6) is 1.22. The average molecular weight is 311 g/mol. The Morgan fingerprint density at radius 2 is 2.19 bits per heavy atom. The summed E-state index contributed by atoms with van der Waals surface area (Å²) in [7, 11) is 0. The third-order valence-electron chi connectivity index (χ3n) is 3.63. The number of piperidine rings is 1. The normalized spacial score (nSPS) is 18.4. The number of carbonyl (C=O) groups excluding carboxylic acids is 1. The molecule has 1 heterocycles. The van der Waals surface area contributed by atoms with Crippen molar-refractivity contribution in [1.29, 1.82) is 0 Å². The van der Waals surface area contributed by atoms with Gasteiger partial charge in [0, 0.05) is 30.6 Å². The van der Waals surface area contributed by atoms with Crippen LogP contribution >= 0.6 is 11.6 Å². The molecule has 0 spiro atoms. The van der Waals surface area contributed by atoms with Gasteiger partial charge in [-0.2, -0.15) is 0 Å². The van der Waals surface area contributed by atoms with E-state index in [-0.39, 0.29) is 6.03 Å². The highest BCUT2D eigenvalue weighted by Crippen LogP contribution is 2.20. The van der Waals surface area contributed by atoms with Crippen molar-refractivity contribution in [3.8, 4) is 5.75 Å². The molecule has 2 rings (SSSR count). The topological polar surface area (TPSA) is 41.6 Å². The summed E-state index contributed by atoms with van der Waals surface area (Å²) in [5.41, 5.74) is 0. The van der Waals surface area contributed by atoms with Gasteiger partial charge in [0.25, 0.3) is 0 Å². The lowest BCUT2D eigenvalue weighted by atomic mass is 9.99. The number of benzene rings is 1. The summed E-state index contributed by atoms with van der Waals surface area (Å²) in [6.45, 7) is 5.04. The Bertz CT molecular complexity index is 450. The number of hydrogen-bond donors (Lipinski definition) is 1. The van der Waals surface area contributed by atoms with Crippen LogP contribution in [0.25, 0.3) is 0 Å². The molecule has 1 aliphatic heterocycles. The van der Waals surface area contributed by atoms with Gasteiger partial charge in [-0.1, -0.05) is 18.5 Å². The lowest BCUT2D eigenvalue weighted by molar-refractivity contribution is 0.137. The first kappa shape index (κ1) is 16.0. The standard InChI is InChI=1S/C16H23ClN2O2/c1-2-9-18-16(20)19-10-3-4-13(11-19)12-21-15-7-5-14(17)6-8-15/h5-8,13H,2-4,9-12H2,1H3,(H,18,20). The predicted molar refractivity (Wildman–Crippen MR) is 84.9 cm³/mol. The number of urea groups is 1. The molecule has 1 saturated heterocycles. The van der Waals surface area contributed by atoms with E-state index in [1.807, 2.05) is 29.2 Å². The van der Waals surface area contributed by atoms with Crippen molar-refractivity contribution in [2.45, 2.75) is 26.2 Å². The summed E-state index contributed by atoms with van der Waals surface area (Å²) < 4.78 is 5.79. The molecule has 1 aliphatic rings. The maximum absolute atomic E-state index is 12.0. The molecule has 1 aromatic rings. The monoisotopic (exact) mass is 310 g/mol. The highest BCUT2D eigenvalue weighted by Gasteiger charge is 2.23. The van der Waals surface area contributed by atoms with Gasteiger partial charge >= 0.3 is 6.03 Å². The van der Waals surface area contributed by atoms with Gasteiger partial charge in [0.05, 0.1) is 6.61 Å². The number of nitrogens with one attached hydrogen (secondary N) is 1. The molecule has 0 aliphatic carbocycles. The molecule has 0 saturated carbocycles. The zero-order chi connectivity index (χ0) is 15.1. The van der Waals surface area contributed by atoms with Crippen molar-refractivity contribution in [3.05, 3.63) is 29.3 Å². The Labute approximate surface area is 131 Å². The zero-order valence-electron chi connectivity index (χ0n) is 12.5. The minimum absolute atomic E-state index is 0.0491. The molecule has 5 heteroatoms. The molecule has 0 aromatic heterocycles. The summed E-state index contributed by atoms with van der Waals surface area (Å²) in [6.07, 6.45) is 3.10. The highest BCUT2D eigenvalue weighted by atomic mass is 35.5. The Kier molecular flexibility index (Phi) is 6.18. The number of rotatable bonds is 5. The van der Waals surface area contributed by atoms with Crippen molar-refractivity contribution < 1.29 is 9.53 Å². The average Bonchev–Trinajstić information content (AvgIpc) is 2.52. The smallest absolute Gasteiger partial charge is 0.317 e. The summed E-state index contributed by atoms with van der Waals surface area (Å²) >= 11 is 5.85. The fourth-order valence-corrected chi connectivity index (χ4v) is 2.60. The maximum atomic E-state index is 12.0. The molecular weight excluding hydrogens is 288 g/mol. The third-order valence-corrected chi connectivity index (χ3v) is 3.88. The second kappa shape index (κ2) is 8.13. The number of amides is 2. The van der Waals surface area contributed by atoms with Gasteiger partial charge in [0.2, 0.25) is 0 Å². The number of halogens is 1. The molecular formula is C16H23ClN2O2. The molecule has 116 valence electrons. The van der Waals surface area contributed by atoms with Crippen molar-refractivity contribution in [2.24, 2.45) is 5.92 Å². The lowest BCUT2D eigenvalue weighted by Gasteiger charge is -2.32. The number of carbonyl (C=O) groups is 1. The van der Waals surface area contributed by atoms with Crippen LogP contribution in [0, 0.1) is 5.92 Å². The zero-order valence-corrected chi connectivity index (χ0v) is 13.2. The van der Waals surface area contributed by atoms with Gasteiger partial charge in [0.1, 0.15) is 5.75 Å². The fourth-order valence-electron chi connectivity index (χ4n) is 2.47. The van der Waals surface area contributed by atoms with E-state index in [0.29, 0.717) is 17.5 Å². The van der Waals surface area contributed by atoms with Crippen molar-refractivity contribution in [2.75, 3.05) is 26.2 Å². The summed E-state index contributed by atoms with van der Waals surface area (Å²) in [5, 5.41) is 3.64. The van der Waals surface area contributed by atoms with Gasteiger partial charge < -0.3 is 15.0 Å². The first-order chi connectivity index (χ1) is 10.2. The second-order valence-corrected chi connectivity index (χ2v) is 5.89. The number of likely N-dealkylation sites (tertiary alicyclic amines) is 1. The van der Waals surface area contributed by atoms with Crippen molar-refractivity contribution >= 4 is 17.6 Å². The molecule has 1 atom stereocenters. The van der Waals surface area contributed by atoms with Gasteiger partial charge in [-0.15, -0.1) is 0 Å². The minimum atomic E-state index is 0.0491. The largest absolute Gasteiger partial charge is 0.493 e. The Morgan fingerprint density at radius 3 is 2.90 bits per heavy atom. The van der Waals surface area contributed by atoms with Crippen LogP contribution in [0.2, 0.25) is 5.02 Å². The molecule has 1 fully saturated rings. The minimum Gasteiger partial charge on any atom is -0.493 e. The molecule has 21 heavy (non-hydrogen) atoms. The molecule has 1 aromatic carbocycles. The molecule has 2 amide bonds. The SMILES string of the molecule is CCCNC(=O)N1CCCC(COc2ccc(Cl)cc2)C1. The van der Waals surface area contributed by atoms with E-state index in [0.717, 1.165) is 44.6 Å². The Balaban J connectivity index is 1.78. The Hall–Kier alpha value is -1.42. The van der Waals surface area contributed by atoms with Crippen LogP contribution in [-0.2, 0) is 0 Å². The van der Waals surface area contributed by atoms with Crippen molar-refractivity contribution in [1.82, 2.24) is 10.2 Å². The lowest BCUT2D eigenvalue weighted by Crippen LogP contribution is -2.46. The number of hydrogen-bond acceptors (Lipinski definition) is 2. The molecule has 0 bridgehead atoms. The molecule has 1 N–H and O–H groups in total. The van der Waals surface area contributed by atoms with Gasteiger partial charge in [0.15, 0.2) is 0 Å². The first-order valence-electron chi connectivity index (χ1n) is 7.60. The highest BCUT2D eigenvalue weighted by molar-refractivity contribution is 6.30. The van der Waals surface area contributed by atoms with Crippen LogP contribution in [0.1, 0.15) is 26.2 Å². The van der Waals surface area contributed by atoms with E-state index in [2.05, 4.69) is 12.2 Å². The third kappa shape index (κ3) is 5.12. The second-order valence-electron chi connectivity index (χ2n) is 5.45. The van der Waals surface area contributed by atoms with E-state index in [1.54, 1.807) is 0 Å². The van der Waals surface area contributed by atoms with Crippen LogP contribution in [0.3, 0.4) is 0 Å². The predicted octanol–water partition coefficient (Wildman–Crippen LogP) is 3.55. The quantitative estimate of drug-likeness (QED) is 0.903. The van der Waals surface area contributed by atoms with E-state index in [9.17, 15) is 4.79 Å². The molecule has 4 nitrogen and oxygen atoms in total. The van der Waals surface area contributed by atoms with E-state index in [1.165, 1.54) is 0 Å². The first-order valence-corrected chi connectivity index (χ1v) is 7.98. The van der Waals surface area contributed by atoms with Crippen molar-refractivity contribution in [3.63, 3.8) is 0 Å². The summed E-state index contributed by atoms with van der Waals surface area (Å²) in [4.78, 5) is 13.9. The van der Waals surface area contributed by atoms with Gasteiger partial charge in [-0.3, -0.25) is 0 Å². The van der Waals surface area contributed by atoms with Gasteiger partial charge in [-0.05, 0) is 43.5 Å².